The largest absolute Gasteiger partial charge is 0.445 e. The number of rotatable bonds is 15. The Bertz CT molecular complexity index is 1340. The molecule has 4 amide bonds. The molecule has 3 aromatic rings. The zero-order chi connectivity index (χ0) is 30.6. The van der Waals surface area contributed by atoms with Crippen molar-refractivity contribution in [3.05, 3.63) is 71.9 Å². The summed E-state index contributed by atoms with van der Waals surface area (Å²) in [5.74, 6) is -1.92. The van der Waals surface area contributed by atoms with Gasteiger partial charge in [-0.3, -0.25) is 19.3 Å². The van der Waals surface area contributed by atoms with Crippen molar-refractivity contribution in [3.8, 4) is 0 Å². The Kier molecular flexibility index (Phi) is 11.9. The number of likely N-dealkylation sites (N-methyl/N-ethyl adjacent to an activating group) is 1. The first-order valence-corrected chi connectivity index (χ1v) is 13.6. The highest BCUT2D eigenvalue weighted by molar-refractivity contribution is 5.94. The average Bonchev–Trinajstić information content (AvgIpc) is 3.41. The number of fused-ring (bicyclic) bond motifs is 1. The zero-order valence-electron chi connectivity index (χ0n) is 24.3. The molecular weight excluding hydrogens is 542 g/mol. The van der Waals surface area contributed by atoms with E-state index in [9.17, 15) is 19.2 Å². The van der Waals surface area contributed by atoms with E-state index in [1.165, 1.54) is 28.2 Å². The molecule has 0 bridgehead atoms. The van der Waals surface area contributed by atoms with Gasteiger partial charge in [0, 0.05) is 51.2 Å². The summed E-state index contributed by atoms with van der Waals surface area (Å²) in [5, 5.41) is 6.29. The lowest BCUT2D eigenvalue weighted by Gasteiger charge is -2.27. The summed E-state index contributed by atoms with van der Waals surface area (Å²) in [6.07, 6.45) is 1.06. The molecule has 1 unspecified atom stereocenters. The second kappa shape index (κ2) is 15.5. The number of nitrogens with one attached hydrogen (secondary N) is 3. The molecule has 12 nitrogen and oxygen atoms in total. The van der Waals surface area contributed by atoms with Crippen LogP contribution in [0.1, 0.15) is 30.9 Å². The van der Waals surface area contributed by atoms with Gasteiger partial charge >= 0.3 is 6.09 Å². The van der Waals surface area contributed by atoms with Gasteiger partial charge in [0.2, 0.25) is 17.7 Å². The number of aromatic amines is 1. The standard InChI is InChI=1S/C30H39N5O7/c1-19(35(2)30(39)42-18-20-10-6-5-7-11-20)28(37)34-25(16-21-17-32-23-13-9-8-12-22(21)23)29(38)33-24(27(31)36)14-15-26(40-3)41-4/h5-13,17,19,24-26,32H,14-16,18H2,1-4H3,(H2,31,36)(H,33,38)(H,34,37)/t19-,24?,25-/m0/s1. The second-order valence-electron chi connectivity index (χ2n) is 9.89. The molecule has 0 saturated carbocycles. The normalized spacial score (nSPS) is 13.3. The SMILES string of the molecule is COC(CCC(NC(=O)[C@H](Cc1c[nH]c2ccccc12)NC(=O)[C@H](C)N(C)C(=O)OCc1ccccc1)C(N)=O)OC. The Balaban J connectivity index is 1.74. The van der Waals surface area contributed by atoms with Crippen LogP contribution in [0.4, 0.5) is 4.79 Å². The third kappa shape index (κ3) is 8.79. The predicted molar refractivity (Wildman–Crippen MR) is 156 cm³/mol. The van der Waals surface area contributed by atoms with E-state index in [-0.39, 0.29) is 19.4 Å². The lowest BCUT2D eigenvalue weighted by molar-refractivity contribution is -0.133. The monoisotopic (exact) mass is 581 g/mol. The van der Waals surface area contributed by atoms with Crippen LogP contribution >= 0.6 is 0 Å². The summed E-state index contributed by atoms with van der Waals surface area (Å²) in [7, 11) is 4.38. The van der Waals surface area contributed by atoms with Crippen LogP contribution in [0.25, 0.3) is 10.9 Å². The first-order valence-electron chi connectivity index (χ1n) is 13.6. The van der Waals surface area contributed by atoms with Gasteiger partial charge in [0.25, 0.3) is 0 Å². The molecule has 0 aliphatic rings. The molecule has 226 valence electrons. The highest BCUT2D eigenvalue weighted by atomic mass is 16.7. The van der Waals surface area contributed by atoms with Crippen molar-refractivity contribution in [1.82, 2.24) is 20.5 Å². The van der Waals surface area contributed by atoms with Gasteiger partial charge in [-0.15, -0.1) is 0 Å². The van der Waals surface area contributed by atoms with Crippen LogP contribution in [0.5, 0.6) is 0 Å². The molecular formula is C30H39N5O7. The van der Waals surface area contributed by atoms with E-state index in [1.54, 1.807) is 6.20 Å². The van der Waals surface area contributed by atoms with Crippen molar-refractivity contribution in [2.75, 3.05) is 21.3 Å². The molecule has 5 N–H and O–H groups in total. The van der Waals surface area contributed by atoms with Crippen LogP contribution in [-0.4, -0.2) is 79.4 Å². The number of aromatic nitrogens is 1. The van der Waals surface area contributed by atoms with E-state index in [4.69, 9.17) is 19.9 Å². The number of primary amides is 1. The van der Waals surface area contributed by atoms with Crippen LogP contribution in [0.15, 0.2) is 60.8 Å². The van der Waals surface area contributed by atoms with Crippen LogP contribution in [0, 0.1) is 0 Å². The average molecular weight is 582 g/mol. The molecule has 0 aliphatic heterocycles. The maximum atomic E-state index is 13.5. The molecule has 3 atom stereocenters. The number of amides is 4. The van der Waals surface area contributed by atoms with Crippen molar-refractivity contribution >= 4 is 34.7 Å². The Hall–Kier alpha value is -4.42. The minimum Gasteiger partial charge on any atom is -0.445 e. The van der Waals surface area contributed by atoms with Crippen LogP contribution in [0.2, 0.25) is 0 Å². The first-order chi connectivity index (χ1) is 20.1. The van der Waals surface area contributed by atoms with Gasteiger partial charge in [-0.1, -0.05) is 48.5 Å². The summed E-state index contributed by atoms with van der Waals surface area (Å²) in [4.78, 5) is 56.0. The van der Waals surface area contributed by atoms with Crippen molar-refractivity contribution in [3.63, 3.8) is 0 Å². The van der Waals surface area contributed by atoms with Crippen molar-refractivity contribution < 1.29 is 33.4 Å². The number of hydrogen-bond acceptors (Lipinski definition) is 7. The fraction of sp³-hybridized carbons (Fsp3) is 0.400. The van der Waals surface area contributed by atoms with Crippen molar-refractivity contribution in [2.45, 2.75) is 57.2 Å². The molecule has 2 aromatic carbocycles. The highest BCUT2D eigenvalue weighted by Crippen LogP contribution is 2.19. The predicted octanol–water partition coefficient (Wildman–Crippen LogP) is 2.22. The molecule has 1 heterocycles. The zero-order valence-corrected chi connectivity index (χ0v) is 24.3. The number of hydrogen-bond donors (Lipinski definition) is 4. The van der Waals surface area contributed by atoms with E-state index < -0.39 is 48.2 Å². The minimum absolute atomic E-state index is 0.0471. The topological polar surface area (TPSA) is 165 Å². The van der Waals surface area contributed by atoms with E-state index >= 15 is 0 Å². The van der Waals surface area contributed by atoms with E-state index in [1.807, 2.05) is 54.6 Å². The third-order valence-corrected chi connectivity index (χ3v) is 7.06. The molecule has 0 aliphatic carbocycles. The van der Waals surface area contributed by atoms with E-state index in [0.717, 1.165) is 26.9 Å². The van der Waals surface area contributed by atoms with Gasteiger partial charge in [-0.05, 0) is 30.5 Å². The molecule has 0 saturated heterocycles. The summed E-state index contributed by atoms with van der Waals surface area (Å²) in [6, 6.07) is 13.6. The molecule has 12 heteroatoms. The number of benzene rings is 2. The van der Waals surface area contributed by atoms with Crippen molar-refractivity contribution in [2.24, 2.45) is 5.73 Å². The first kappa shape index (κ1) is 32.1. The number of carbonyl (C=O) groups is 4. The van der Waals surface area contributed by atoms with Crippen LogP contribution in [-0.2, 0) is 41.6 Å². The number of carbonyl (C=O) groups excluding carboxylic acids is 4. The molecule has 0 fully saturated rings. The van der Waals surface area contributed by atoms with Crippen molar-refractivity contribution in [1.29, 1.82) is 0 Å². The molecule has 3 rings (SSSR count). The quantitative estimate of drug-likeness (QED) is 0.200. The smallest absolute Gasteiger partial charge is 0.410 e. The maximum Gasteiger partial charge on any atom is 0.410 e. The van der Waals surface area contributed by atoms with Crippen LogP contribution in [0.3, 0.4) is 0 Å². The number of nitrogens with two attached hydrogens (primary N) is 1. The van der Waals surface area contributed by atoms with E-state index in [2.05, 4.69) is 15.6 Å². The molecule has 0 spiro atoms. The Labute approximate surface area is 244 Å². The Morgan fingerprint density at radius 3 is 2.21 bits per heavy atom. The lowest BCUT2D eigenvalue weighted by Crippen LogP contribution is -2.56. The van der Waals surface area contributed by atoms with Gasteiger partial charge in [-0.25, -0.2) is 4.79 Å². The number of methoxy groups -OCH3 is 2. The number of nitrogens with zero attached hydrogens (tertiary/aromatic N) is 1. The van der Waals surface area contributed by atoms with Gasteiger partial charge in [0.05, 0.1) is 0 Å². The second-order valence-corrected chi connectivity index (χ2v) is 9.89. The minimum atomic E-state index is -1.09. The number of ether oxygens (including phenoxy) is 3. The Morgan fingerprint density at radius 2 is 1.55 bits per heavy atom. The van der Waals surface area contributed by atoms with Gasteiger partial charge < -0.3 is 35.6 Å². The number of H-pyrrole nitrogens is 1. The van der Waals surface area contributed by atoms with E-state index in [0.29, 0.717) is 6.42 Å². The summed E-state index contributed by atoms with van der Waals surface area (Å²) < 4.78 is 15.7. The number of para-hydroxylation sites is 1. The fourth-order valence-electron chi connectivity index (χ4n) is 4.37. The summed E-state index contributed by atoms with van der Waals surface area (Å²) in [6.45, 7) is 1.58. The van der Waals surface area contributed by atoms with Gasteiger partial charge in [0.1, 0.15) is 24.7 Å². The molecule has 1 aromatic heterocycles. The highest BCUT2D eigenvalue weighted by Gasteiger charge is 2.31. The Morgan fingerprint density at radius 1 is 0.905 bits per heavy atom. The molecule has 0 radical (unpaired) electrons. The lowest BCUT2D eigenvalue weighted by atomic mass is 10.0. The summed E-state index contributed by atoms with van der Waals surface area (Å²) in [5.41, 5.74) is 8.03. The molecule has 42 heavy (non-hydrogen) atoms. The maximum absolute atomic E-state index is 13.5. The summed E-state index contributed by atoms with van der Waals surface area (Å²) >= 11 is 0. The fourth-order valence-corrected chi connectivity index (χ4v) is 4.37. The van der Waals surface area contributed by atoms with Gasteiger partial charge in [-0.2, -0.15) is 0 Å². The van der Waals surface area contributed by atoms with Gasteiger partial charge in [0.15, 0.2) is 6.29 Å². The third-order valence-electron chi connectivity index (χ3n) is 7.06. The van der Waals surface area contributed by atoms with Crippen LogP contribution < -0.4 is 16.4 Å².